The number of carbonyl (C=O) groups is 1. The summed E-state index contributed by atoms with van der Waals surface area (Å²) in [5.41, 5.74) is 1.51. The minimum Gasteiger partial charge on any atom is -0.326 e. The van der Waals surface area contributed by atoms with Gasteiger partial charge in [-0.15, -0.1) is 0 Å². The molecule has 2 N–H and O–H groups in total. The van der Waals surface area contributed by atoms with E-state index in [9.17, 15) is 14.4 Å². The molecule has 146 valence electrons. The van der Waals surface area contributed by atoms with Crippen LogP contribution in [0.15, 0.2) is 67.4 Å². The van der Waals surface area contributed by atoms with E-state index in [0.717, 1.165) is 4.47 Å². The van der Waals surface area contributed by atoms with Crippen molar-refractivity contribution in [2.24, 2.45) is 0 Å². The number of aromatic nitrogens is 4. The van der Waals surface area contributed by atoms with Crippen molar-refractivity contribution in [3.05, 3.63) is 74.2 Å². The molecule has 0 aliphatic heterocycles. The molecule has 0 aliphatic carbocycles. The third-order valence-electron chi connectivity index (χ3n) is 4.23. The Morgan fingerprint density at radius 3 is 2.86 bits per heavy atom. The molecule has 0 atom stereocenters. The zero-order chi connectivity index (χ0) is 20.4. The molecule has 0 bridgehead atoms. The van der Waals surface area contributed by atoms with Gasteiger partial charge >= 0.3 is 5.76 Å². The van der Waals surface area contributed by atoms with Crippen LogP contribution in [0.25, 0.3) is 22.3 Å². The first-order valence-electron chi connectivity index (χ1n) is 8.60. The summed E-state index contributed by atoms with van der Waals surface area (Å²) >= 11 is 3.34. The molecule has 0 saturated carbocycles. The lowest BCUT2D eigenvalue weighted by atomic mass is 10.2. The fourth-order valence-corrected chi connectivity index (χ4v) is 3.20. The van der Waals surface area contributed by atoms with Crippen LogP contribution in [0.1, 0.15) is 6.42 Å². The number of hydrogen-bond acceptors (Lipinski definition) is 6. The Morgan fingerprint density at radius 1 is 1.21 bits per heavy atom. The first-order valence-corrected chi connectivity index (χ1v) is 9.40. The molecule has 29 heavy (non-hydrogen) atoms. The van der Waals surface area contributed by atoms with E-state index in [2.05, 4.69) is 40.9 Å². The summed E-state index contributed by atoms with van der Waals surface area (Å²) in [7, 11) is 0. The lowest BCUT2D eigenvalue weighted by Gasteiger charge is -2.08. The van der Waals surface area contributed by atoms with Gasteiger partial charge in [-0.2, -0.15) is 0 Å². The molecule has 4 rings (SSSR count). The van der Waals surface area contributed by atoms with E-state index in [1.54, 1.807) is 36.4 Å². The molecule has 9 nitrogen and oxygen atoms in total. The number of benzene rings is 2. The second kappa shape index (κ2) is 7.84. The predicted octanol–water partition coefficient (Wildman–Crippen LogP) is 2.53. The van der Waals surface area contributed by atoms with Gasteiger partial charge in [-0.1, -0.05) is 33.2 Å². The van der Waals surface area contributed by atoms with Crippen LogP contribution in [0.4, 0.5) is 5.69 Å². The predicted molar refractivity (Wildman–Crippen MR) is 110 cm³/mol. The summed E-state index contributed by atoms with van der Waals surface area (Å²) in [6.07, 6.45) is 1.53. The van der Waals surface area contributed by atoms with Gasteiger partial charge in [-0.05, 0) is 30.3 Å². The number of nitrogens with one attached hydrogen (secondary N) is 2. The molecular weight excluding hydrogens is 442 g/mol. The molecule has 0 fully saturated rings. The highest BCUT2D eigenvalue weighted by Gasteiger charge is 2.09. The van der Waals surface area contributed by atoms with Crippen molar-refractivity contribution in [1.82, 2.24) is 19.7 Å². The van der Waals surface area contributed by atoms with Crippen LogP contribution in [-0.4, -0.2) is 25.6 Å². The average molecular weight is 456 g/mol. The largest absolute Gasteiger partial charge is 0.439 e. The molecule has 2 aromatic heterocycles. The van der Waals surface area contributed by atoms with Gasteiger partial charge in [0.05, 0.1) is 17.2 Å². The number of aryl methyl sites for hydroxylation is 1. The maximum absolute atomic E-state index is 12.6. The zero-order valence-electron chi connectivity index (χ0n) is 14.9. The topological polar surface area (TPSA) is 123 Å². The fraction of sp³-hybridized carbons (Fsp3) is 0.105. The monoisotopic (exact) mass is 455 g/mol. The van der Waals surface area contributed by atoms with Crippen LogP contribution in [0.2, 0.25) is 0 Å². The SMILES string of the molecule is O=C(CCn1cnc2ccc(Br)cc2c1=O)Nc1cccc(-c2noc(=O)[nH]2)c1. The van der Waals surface area contributed by atoms with Gasteiger partial charge in [-0.25, -0.2) is 9.78 Å². The highest BCUT2D eigenvalue weighted by Crippen LogP contribution is 2.19. The van der Waals surface area contributed by atoms with Crippen LogP contribution in [0, 0.1) is 0 Å². The van der Waals surface area contributed by atoms with Gasteiger partial charge in [0.2, 0.25) is 5.91 Å². The average Bonchev–Trinajstić information content (AvgIpc) is 3.14. The number of fused-ring (bicyclic) bond motifs is 1. The summed E-state index contributed by atoms with van der Waals surface area (Å²) in [5, 5.41) is 6.86. The summed E-state index contributed by atoms with van der Waals surface area (Å²) in [4.78, 5) is 42.7. The lowest BCUT2D eigenvalue weighted by molar-refractivity contribution is -0.116. The molecule has 0 radical (unpaired) electrons. The van der Waals surface area contributed by atoms with Crippen LogP contribution >= 0.6 is 15.9 Å². The number of halogens is 1. The van der Waals surface area contributed by atoms with Gasteiger partial charge in [0.1, 0.15) is 0 Å². The maximum atomic E-state index is 12.6. The van der Waals surface area contributed by atoms with Gasteiger partial charge in [-0.3, -0.25) is 23.7 Å². The van der Waals surface area contributed by atoms with Crippen LogP contribution in [0.3, 0.4) is 0 Å². The summed E-state index contributed by atoms with van der Waals surface area (Å²) in [5.74, 6) is -0.654. The van der Waals surface area contributed by atoms with E-state index in [1.165, 1.54) is 10.9 Å². The Hall–Kier alpha value is -3.53. The Bertz CT molecular complexity index is 1320. The number of aromatic amines is 1. The van der Waals surface area contributed by atoms with E-state index >= 15 is 0 Å². The summed E-state index contributed by atoms with van der Waals surface area (Å²) in [6, 6.07) is 12.1. The molecule has 4 aromatic rings. The second-order valence-electron chi connectivity index (χ2n) is 6.23. The standard InChI is InChI=1S/C19H14BrN5O4/c20-12-4-5-15-14(9-12)18(27)25(10-21-15)7-6-16(26)22-13-3-1-2-11(8-13)17-23-19(28)29-24-17/h1-5,8-10H,6-7H2,(H,22,26)(H,23,24,28). The Morgan fingerprint density at radius 2 is 2.07 bits per heavy atom. The molecule has 2 aromatic carbocycles. The van der Waals surface area contributed by atoms with Crippen molar-refractivity contribution in [1.29, 1.82) is 0 Å². The van der Waals surface area contributed by atoms with E-state index in [-0.39, 0.29) is 30.3 Å². The van der Waals surface area contributed by atoms with Gasteiger partial charge < -0.3 is 5.32 Å². The molecule has 10 heteroatoms. The minimum absolute atomic E-state index is 0.0894. The maximum Gasteiger partial charge on any atom is 0.439 e. The Balaban J connectivity index is 1.46. The minimum atomic E-state index is -0.657. The second-order valence-corrected chi connectivity index (χ2v) is 7.14. The number of anilines is 1. The lowest BCUT2D eigenvalue weighted by Crippen LogP contribution is -2.23. The number of carbonyl (C=O) groups excluding carboxylic acids is 1. The summed E-state index contributed by atoms with van der Waals surface area (Å²) in [6.45, 7) is 0.191. The van der Waals surface area contributed by atoms with Crippen molar-refractivity contribution in [3.63, 3.8) is 0 Å². The quantitative estimate of drug-likeness (QED) is 0.476. The Labute approximate surface area is 171 Å². The van der Waals surface area contributed by atoms with Crippen LogP contribution < -0.4 is 16.6 Å². The van der Waals surface area contributed by atoms with Crippen molar-refractivity contribution in [3.8, 4) is 11.4 Å². The van der Waals surface area contributed by atoms with E-state index in [0.29, 0.717) is 22.2 Å². The smallest absolute Gasteiger partial charge is 0.326 e. The number of H-pyrrole nitrogens is 1. The van der Waals surface area contributed by atoms with Gasteiger partial charge in [0, 0.05) is 28.7 Å². The molecule has 2 heterocycles. The molecule has 1 amide bonds. The van der Waals surface area contributed by atoms with E-state index < -0.39 is 5.76 Å². The first kappa shape index (κ1) is 18.8. The first-order chi connectivity index (χ1) is 14.0. The molecule has 0 aliphatic rings. The van der Waals surface area contributed by atoms with Crippen molar-refractivity contribution in [2.75, 3.05) is 5.32 Å². The fourth-order valence-electron chi connectivity index (χ4n) is 2.83. The van der Waals surface area contributed by atoms with Gasteiger partial charge in [0.25, 0.3) is 5.56 Å². The molecular formula is C19H14BrN5O4. The number of amides is 1. The van der Waals surface area contributed by atoms with Crippen LogP contribution in [0.5, 0.6) is 0 Å². The molecule has 0 spiro atoms. The third-order valence-corrected chi connectivity index (χ3v) is 4.72. The Kier molecular flexibility index (Phi) is 5.09. The van der Waals surface area contributed by atoms with Crippen LogP contribution in [-0.2, 0) is 11.3 Å². The van der Waals surface area contributed by atoms with Crippen molar-refractivity contribution in [2.45, 2.75) is 13.0 Å². The molecule has 0 saturated heterocycles. The number of nitrogens with zero attached hydrogens (tertiary/aromatic N) is 3. The summed E-state index contributed by atoms with van der Waals surface area (Å²) < 4.78 is 6.68. The van der Waals surface area contributed by atoms with E-state index in [1.807, 2.05) is 6.07 Å². The normalized spacial score (nSPS) is 10.9. The highest BCUT2D eigenvalue weighted by atomic mass is 79.9. The van der Waals surface area contributed by atoms with E-state index in [4.69, 9.17) is 0 Å². The zero-order valence-corrected chi connectivity index (χ0v) is 16.5. The van der Waals surface area contributed by atoms with Gasteiger partial charge in [0.15, 0.2) is 5.82 Å². The highest BCUT2D eigenvalue weighted by molar-refractivity contribution is 9.10. The van der Waals surface area contributed by atoms with Crippen molar-refractivity contribution >= 4 is 38.4 Å². The molecule has 0 unspecified atom stereocenters. The number of hydrogen-bond donors (Lipinski definition) is 2. The number of rotatable bonds is 5. The van der Waals surface area contributed by atoms with Crippen molar-refractivity contribution < 1.29 is 9.32 Å². The third kappa shape index (κ3) is 4.16.